The molecule has 0 saturated heterocycles. The average Bonchev–Trinajstić information content (AvgIpc) is 3.18. The first-order chi connectivity index (χ1) is 26.4. The molecule has 3 aromatic rings. The molecule has 3 aromatic carbocycles. The summed E-state index contributed by atoms with van der Waals surface area (Å²) in [6, 6.07) is 22.9. The zero-order valence-corrected chi connectivity index (χ0v) is 33.1. The maximum Gasteiger partial charge on any atom is 0.325 e. The van der Waals surface area contributed by atoms with Gasteiger partial charge in [0.2, 0.25) is 0 Å². The number of esters is 2. The Kier molecular flexibility index (Phi) is 24.4. The summed E-state index contributed by atoms with van der Waals surface area (Å²) < 4.78 is 9.36. The summed E-state index contributed by atoms with van der Waals surface area (Å²) in [4.78, 5) is 44.7. The number of hydrogen-bond acceptors (Lipinski definition) is 9. The van der Waals surface area contributed by atoms with E-state index in [1.54, 1.807) is 26.0 Å². The van der Waals surface area contributed by atoms with Crippen molar-refractivity contribution in [2.75, 3.05) is 38.6 Å². The molecule has 0 atom stereocenters. The Morgan fingerprint density at radius 1 is 0.564 bits per heavy atom. The molecule has 300 valence electrons. The number of hydrogen-bond donors (Lipinski definition) is 7. The molecule has 0 bridgehead atoms. The topological polar surface area (TPSA) is 185 Å². The van der Waals surface area contributed by atoms with E-state index >= 15 is 0 Å². The molecule has 55 heavy (non-hydrogen) atoms. The molecule has 13 nitrogen and oxygen atoms in total. The molecule has 0 aliphatic heterocycles. The number of nitrogen functional groups attached to an aromatic ring is 1. The Balaban J connectivity index is 0.000000413. The van der Waals surface area contributed by atoms with Gasteiger partial charge in [0.25, 0.3) is 0 Å². The van der Waals surface area contributed by atoms with Crippen molar-refractivity contribution in [3.05, 3.63) is 125 Å². The van der Waals surface area contributed by atoms with Crippen LogP contribution in [-0.4, -0.2) is 56.8 Å². The van der Waals surface area contributed by atoms with Crippen molar-refractivity contribution in [3.8, 4) is 0 Å². The molecule has 0 unspecified atom stereocenters. The van der Waals surface area contributed by atoms with Gasteiger partial charge in [-0.2, -0.15) is 0 Å². The van der Waals surface area contributed by atoms with E-state index in [-0.39, 0.29) is 19.1 Å². The smallest absolute Gasteiger partial charge is 0.325 e. The average molecular weight is 760 g/mol. The standard InChI is InChI=1S/C17H26N2.C13H18N2O3.C12H17N3O3/c1-5-7-14(3)12-18-15(4)19-13-17-10-8-16(6-2)9-11-17;1-3-18-12(16)9-15-13(17)14-8-11-6-4-10(2)5-7-11;1-2-18-11(16)8-15-12(17)14-7-9-3-5-10(13)6-4-9/h8-11,18-19H,3-7,12-13H2,1-2H3;4-7H,3,8-9H2,1-2H3,(H2,14,15,17);3-6H,2,7-8,13H2,1H3,(H2,14,15,17). The van der Waals surface area contributed by atoms with Crippen LogP contribution in [-0.2, 0) is 45.1 Å². The number of carbonyl (C=O) groups is 4. The Morgan fingerprint density at radius 2 is 0.982 bits per heavy atom. The lowest BCUT2D eigenvalue weighted by Crippen LogP contribution is -2.38. The summed E-state index contributed by atoms with van der Waals surface area (Å²) in [6.45, 7) is 20.5. The second-order valence-corrected chi connectivity index (χ2v) is 12.3. The molecule has 0 aliphatic carbocycles. The number of nitrogens with two attached hydrogens (primary N) is 1. The van der Waals surface area contributed by atoms with Gasteiger partial charge < -0.3 is 47.1 Å². The molecular formula is C42H61N7O6. The van der Waals surface area contributed by atoms with E-state index in [0.717, 1.165) is 49.3 Å². The van der Waals surface area contributed by atoms with Gasteiger partial charge in [-0.25, -0.2) is 9.59 Å². The Labute approximate surface area is 326 Å². The Morgan fingerprint density at radius 3 is 1.42 bits per heavy atom. The predicted molar refractivity (Wildman–Crippen MR) is 220 cm³/mol. The van der Waals surface area contributed by atoms with Crippen LogP contribution in [0, 0.1) is 6.92 Å². The number of amides is 4. The normalized spacial score (nSPS) is 9.76. The molecule has 0 fully saturated rings. The quantitative estimate of drug-likeness (QED) is 0.0455. The van der Waals surface area contributed by atoms with Crippen LogP contribution >= 0.6 is 0 Å². The summed E-state index contributed by atoms with van der Waals surface area (Å²) in [7, 11) is 0. The second-order valence-electron chi connectivity index (χ2n) is 12.3. The molecule has 4 amide bonds. The van der Waals surface area contributed by atoms with Crippen molar-refractivity contribution in [2.45, 2.75) is 73.5 Å². The lowest BCUT2D eigenvalue weighted by molar-refractivity contribution is -0.142. The minimum Gasteiger partial charge on any atom is -0.465 e. The fourth-order valence-electron chi connectivity index (χ4n) is 4.40. The number of carbonyl (C=O) groups excluding carboxylic acids is 4. The summed E-state index contributed by atoms with van der Waals surface area (Å²) in [6.07, 6.45) is 3.30. The fourth-order valence-corrected chi connectivity index (χ4v) is 4.40. The monoisotopic (exact) mass is 759 g/mol. The predicted octanol–water partition coefficient (Wildman–Crippen LogP) is 5.74. The minimum atomic E-state index is -0.458. The number of urea groups is 2. The highest BCUT2D eigenvalue weighted by atomic mass is 16.5. The third-order valence-electron chi connectivity index (χ3n) is 7.50. The van der Waals surface area contributed by atoms with Crippen LogP contribution < -0.4 is 37.6 Å². The first-order valence-electron chi connectivity index (χ1n) is 18.5. The van der Waals surface area contributed by atoms with Gasteiger partial charge in [0.1, 0.15) is 13.1 Å². The van der Waals surface area contributed by atoms with Crippen LogP contribution in [0.15, 0.2) is 97.3 Å². The summed E-state index contributed by atoms with van der Waals surface area (Å²) in [5, 5.41) is 16.6. The van der Waals surface area contributed by atoms with Crippen LogP contribution in [0.1, 0.15) is 68.4 Å². The third-order valence-corrected chi connectivity index (χ3v) is 7.50. The number of nitrogens with one attached hydrogen (secondary N) is 6. The van der Waals surface area contributed by atoms with E-state index in [0.29, 0.717) is 32.0 Å². The molecule has 0 spiro atoms. The van der Waals surface area contributed by atoms with Crippen LogP contribution in [0.3, 0.4) is 0 Å². The van der Waals surface area contributed by atoms with Gasteiger partial charge in [0.05, 0.1) is 19.0 Å². The molecule has 13 heteroatoms. The van der Waals surface area contributed by atoms with E-state index < -0.39 is 18.0 Å². The molecule has 8 N–H and O–H groups in total. The van der Waals surface area contributed by atoms with Crippen molar-refractivity contribution in [2.24, 2.45) is 0 Å². The number of aryl methyl sites for hydroxylation is 2. The zero-order valence-electron chi connectivity index (χ0n) is 33.1. The molecule has 0 saturated carbocycles. The van der Waals surface area contributed by atoms with Gasteiger partial charge in [0, 0.05) is 31.9 Å². The first kappa shape index (κ1) is 47.0. The number of rotatable bonds is 19. The van der Waals surface area contributed by atoms with Gasteiger partial charge in [-0.3, -0.25) is 9.59 Å². The molecule has 0 radical (unpaired) electrons. The first-order valence-corrected chi connectivity index (χ1v) is 18.5. The van der Waals surface area contributed by atoms with E-state index in [1.165, 1.54) is 22.3 Å². The van der Waals surface area contributed by atoms with Crippen molar-refractivity contribution in [1.82, 2.24) is 31.9 Å². The summed E-state index contributed by atoms with van der Waals surface area (Å²) in [5.74, 6) is -0.0417. The number of benzene rings is 3. The van der Waals surface area contributed by atoms with Crippen molar-refractivity contribution in [1.29, 1.82) is 0 Å². The summed E-state index contributed by atoms with van der Waals surface area (Å²) in [5.41, 5.74) is 13.2. The van der Waals surface area contributed by atoms with Gasteiger partial charge in [0.15, 0.2) is 0 Å². The van der Waals surface area contributed by atoms with Crippen molar-refractivity contribution < 1.29 is 28.7 Å². The van der Waals surface area contributed by atoms with Crippen molar-refractivity contribution >= 4 is 29.7 Å². The molecule has 0 aromatic heterocycles. The maximum absolute atomic E-state index is 11.4. The summed E-state index contributed by atoms with van der Waals surface area (Å²) >= 11 is 0. The third kappa shape index (κ3) is 24.1. The number of anilines is 1. The van der Waals surface area contributed by atoms with E-state index in [4.69, 9.17) is 5.73 Å². The number of ether oxygens (including phenoxy) is 2. The highest BCUT2D eigenvalue weighted by Crippen LogP contribution is 2.06. The minimum absolute atomic E-state index is 0.117. The molecule has 0 heterocycles. The molecule has 3 rings (SSSR count). The zero-order chi connectivity index (χ0) is 40.8. The van der Waals surface area contributed by atoms with Gasteiger partial charge in [-0.05, 0) is 68.0 Å². The lowest BCUT2D eigenvalue weighted by atomic mass is 10.1. The molecular weight excluding hydrogens is 699 g/mol. The van der Waals surface area contributed by atoms with Crippen LogP contribution in [0.2, 0.25) is 0 Å². The van der Waals surface area contributed by atoms with Gasteiger partial charge >= 0.3 is 24.0 Å². The molecule has 0 aliphatic rings. The second kappa shape index (κ2) is 28.5. The highest BCUT2D eigenvalue weighted by Gasteiger charge is 2.06. The van der Waals surface area contributed by atoms with E-state index in [2.05, 4.69) is 92.6 Å². The van der Waals surface area contributed by atoms with Crippen LogP contribution in [0.5, 0.6) is 0 Å². The Bertz CT molecular complexity index is 1510. The SMILES string of the molecule is C=C(CCC)CNC(=C)NCc1ccc(CC)cc1.CCOC(=O)CNC(=O)NCc1ccc(C)cc1.CCOC(=O)CNC(=O)NCc1ccc(N)cc1. The van der Waals surface area contributed by atoms with Crippen LogP contribution in [0.25, 0.3) is 0 Å². The van der Waals surface area contributed by atoms with Gasteiger partial charge in [-0.15, -0.1) is 0 Å². The van der Waals surface area contributed by atoms with E-state index in [1.807, 2.05) is 43.3 Å². The Hall–Kier alpha value is -5.98. The van der Waals surface area contributed by atoms with E-state index in [9.17, 15) is 19.2 Å². The maximum atomic E-state index is 11.4. The highest BCUT2D eigenvalue weighted by molar-refractivity contribution is 5.81. The lowest BCUT2D eigenvalue weighted by Gasteiger charge is -2.13. The fraction of sp³-hybridized carbons (Fsp3) is 0.381. The van der Waals surface area contributed by atoms with Crippen LogP contribution in [0.4, 0.5) is 15.3 Å². The van der Waals surface area contributed by atoms with Gasteiger partial charge in [-0.1, -0.05) is 105 Å². The van der Waals surface area contributed by atoms with Crippen molar-refractivity contribution in [3.63, 3.8) is 0 Å². The largest absolute Gasteiger partial charge is 0.465 e.